The highest BCUT2D eigenvalue weighted by Crippen LogP contribution is 2.31. The first kappa shape index (κ1) is 21.9. The summed E-state index contributed by atoms with van der Waals surface area (Å²) in [6.07, 6.45) is 8.03. The van der Waals surface area contributed by atoms with E-state index in [1.165, 1.54) is 45.2 Å². The lowest BCUT2D eigenvalue weighted by Crippen LogP contribution is -2.51. The molecule has 0 unspecified atom stereocenters. The third-order valence-electron chi connectivity index (χ3n) is 6.87. The number of hydrogen-bond donors (Lipinski definition) is 1. The van der Waals surface area contributed by atoms with Gasteiger partial charge in [-0.15, -0.1) is 0 Å². The Labute approximate surface area is 183 Å². The van der Waals surface area contributed by atoms with Crippen LogP contribution in [-0.2, 0) is 11.2 Å². The standard InChI is InChI=1S/C25H34N2O4/c1-3-7-18-14-24(29)31-25-17(2)22(11-10-20(18)25)30-16-23(28)26-15-19-8-6-13-27-12-5-4-9-21(19)27/h10-11,14,19,21H,3-9,12-13,15-16H2,1-2H3,(H,26,28)/t19-,21-/m1/s1. The zero-order valence-electron chi connectivity index (χ0n) is 18.7. The number of piperidine rings is 2. The van der Waals surface area contributed by atoms with Crippen molar-refractivity contribution in [3.05, 3.63) is 39.7 Å². The number of ether oxygens (including phenoxy) is 1. The van der Waals surface area contributed by atoms with Crippen molar-refractivity contribution in [2.45, 2.75) is 64.8 Å². The smallest absolute Gasteiger partial charge is 0.336 e. The number of rotatable bonds is 7. The predicted molar refractivity (Wildman–Crippen MR) is 122 cm³/mol. The summed E-state index contributed by atoms with van der Waals surface area (Å²) in [4.78, 5) is 27.0. The van der Waals surface area contributed by atoms with Gasteiger partial charge < -0.3 is 19.4 Å². The van der Waals surface area contributed by atoms with Crippen LogP contribution < -0.4 is 15.7 Å². The Kier molecular flexibility index (Phi) is 6.96. The number of fused-ring (bicyclic) bond motifs is 2. The highest BCUT2D eigenvalue weighted by Gasteiger charge is 2.32. The molecule has 1 N–H and O–H groups in total. The Balaban J connectivity index is 1.37. The SMILES string of the molecule is CCCc1cc(=O)oc2c(C)c(OCC(=O)NC[C@H]3CCCN4CCCC[C@H]34)ccc12. The van der Waals surface area contributed by atoms with E-state index in [1.54, 1.807) is 6.07 Å². The summed E-state index contributed by atoms with van der Waals surface area (Å²) in [5, 5.41) is 4.02. The number of benzene rings is 1. The average Bonchev–Trinajstić information content (AvgIpc) is 2.78. The predicted octanol–water partition coefficient (Wildman–Crippen LogP) is 3.81. The maximum atomic E-state index is 12.5. The first-order valence-corrected chi connectivity index (χ1v) is 11.8. The molecule has 2 fully saturated rings. The largest absolute Gasteiger partial charge is 0.483 e. The van der Waals surface area contributed by atoms with Gasteiger partial charge >= 0.3 is 5.63 Å². The van der Waals surface area contributed by atoms with Crippen LogP contribution in [0.15, 0.2) is 27.4 Å². The van der Waals surface area contributed by atoms with Gasteiger partial charge in [0.05, 0.1) is 0 Å². The zero-order valence-corrected chi connectivity index (χ0v) is 18.7. The lowest BCUT2D eigenvalue weighted by molar-refractivity contribution is -0.123. The number of hydrogen-bond acceptors (Lipinski definition) is 5. The molecule has 0 bridgehead atoms. The van der Waals surface area contributed by atoms with E-state index < -0.39 is 0 Å². The van der Waals surface area contributed by atoms with Crippen LogP contribution in [0, 0.1) is 12.8 Å². The molecule has 2 saturated heterocycles. The van der Waals surface area contributed by atoms with Crippen molar-refractivity contribution in [3.8, 4) is 5.75 Å². The van der Waals surface area contributed by atoms with Crippen LogP contribution in [0.4, 0.5) is 0 Å². The minimum atomic E-state index is -0.349. The molecule has 3 heterocycles. The lowest BCUT2D eigenvalue weighted by atomic mass is 9.83. The molecular weight excluding hydrogens is 392 g/mol. The quantitative estimate of drug-likeness (QED) is 0.682. The first-order valence-electron chi connectivity index (χ1n) is 11.8. The van der Waals surface area contributed by atoms with E-state index in [2.05, 4.69) is 17.1 Å². The summed E-state index contributed by atoms with van der Waals surface area (Å²) in [6.45, 7) is 7.04. The fraction of sp³-hybridized carbons (Fsp3) is 0.600. The normalized spacial score (nSPS) is 21.6. The molecule has 1 aromatic heterocycles. The molecule has 0 saturated carbocycles. The van der Waals surface area contributed by atoms with Gasteiger partial charge in [-0.05, 0) is 75.7 Å². The van der Waals surface area contributed by atoms with Crippen LogP contribution in [0.1, 0.15) is 56.6 Å². The Morgan fingerprint density at radius 2 is 2.06 bits per heavy atom. The van der Waals surface area contributed by atoms with Crippen molar-refractivity contribution in [1.82, 2.24) is 10.2 Å². The van der Waals surface area contributed by atoms with Gasteiger partial charge in [0.15, 0.2) is 6.61 Å². The number of amides is 1. The molecule has 1 amide bonds. The molecule has 31 heavy (non-hydrogen) atoms. The van der Waals surface area contributed by atoms with Crippen LogP contribution in [-0.4, -0.2) is 43.1 Å². The summed E-state index contributed by atoms with van der Waals surface area (Å²) in [7, 11) is 0. The highest BCUT2D eigenvalue weighted by atomic mass is 16.5. The molecule has 6 nitrogen and oxygen atoms in total. The van der Waals surface area contributed by atoms with E-state index >= 15 is 0 Å². The van der Waals surface area contributed by atoms with Crippen molar-refractivity contribution in [3.63, 3.8) is 0 Å². The van der Waals surface area contributed by atoms with Crippen LogP contribution in [0.25, 0.3) is 11.0 Å². The summed E-state index contributed by atoms with van der Waals surface area (Å²) in [6, 6.07) is 5.97. The zero-order chi connectivity index (χ0) is 21.8. The number of carbonyl (C=O) groups excluding carboxylic acids is 1. The lowest BCUT2D eigenvalue weighted by Gasteiger charge is -2.44. The maximum Gasteiger partial charge on any atom is 0.336 e. The summed E-state index contributed by atoms with van der Waals surface area (Å²) >= 11 is 0. The summed E-state index contributed by atoms with van der Waals surface area (Å²) < 4.78 is 11.3. The van der Waals surface area contributed by atoms with Crippen molar-refractivity contribution in [1.29, 1.82) is 0 Å². The van der Waals surface area contributed by atoms with E-state index in [0.29, 0.717) is 23.3 Å². The van der Waals surface area contributed by atoms with Crippen molar-refractivity contribution in [2.24, 2.45) is 5.92 Å². The number of nitrogens with one attached hydrogen (secondary N) is 1. The van der Waals surface area contributed by atoms with Gasteiger partial charge in [-0.3, -0.25) is 4.79 Å². The van der Waals surface area contributed by atoms with E-state index in [0.717, 1.165) is 35.9 Å². The van der Waals surface area contributed by atoms with Crippen LogP contribution in [0.3, 0.4) is 0 Å². The first-order chi connectivity index (χ1) is 15.1. The van der Waals surface area contributed by atoms with Gasteiger partial charge in [-0.2, -0.15) is 0 Å². The van der Waals surface area contributed by atoms with Gasteiger partial charge in [-0.25, -0.2) is 4.79 Å². The average molecular weight is 427 g/mol. The van der Waals surface area contributed by atoms with Crippen LogP contribution >= 0.6 is 0 Å². The molecule has 0 aliphatic carbocycles. The number of nitrogens with zero attached hydrogens (tertiary/aromatic N) is 1. The van der Waals surface area contributed by atoms with Gasteiger partial charge in [0.25, 0.3) is 5.91 Å². The maximum absolute atomic E-state index is 12.5. The van der Waals surface area contributed by atoms with Crippen molar-refractivity contribution >= 4 is 16.9 Å². The van der Waals surface area contributed by atoms with Gasteiger partial charge in [0, 0.05) is 29.6 Å². The van der Waals surface area contributed by atoms with Gasteiger partial charge in [0.2, 0.25) is 0 Å². The minimum Gasteiger partial charge on any atom is -0.483 e. The molecule has 2 atom stereocenters. The molecule has 2 aromatic rings. The molecule has 0 spiro atoms. The Bertz CT molecular complexity index is 981. The third kappa shape index (κ3) is 4.95. The van der Waals surface area contributed by atoms with Gasteiger partial charge in [0.1, 0.15) is 11.3 Å². The molecule has 6 heteroatoms. The number of carbonyl (C=O) groups is 1. The minimum absolute atomic E-state index is 0.0354. The van der Waals surface area contributed by atoms with Gasteiger partial charge in [-0.1, -0.05) is 19.8 Å². The Morgan fingerprint density at radius 1 is 1.23 bits per heavy atom. The molecule has 168 valence electrons. The fourth-order valence-corrected chi connectivity index (χ4v) is 5.30. The highest BCUT2D eigenvalue weighted by molar-refractivity contribution is 5.85. The Morgan fingerprint density at radius 3 is 2.90 bits per heavy atom. The summed E-state index contributed by atoms with van der Waals surface area (Å²) in [5.74, 6) is 1.01. The van der Waals surface area contributed by atoms with E-state index in [-0.39, 0.29) is 18.1 Å². The van der Waals surface area contributed by atoms with E-state index in [4.69, 9.17) is 9.15 Å². The molecule has 2 aliphatic rings. The second-order valence-corrected chi connectivity index (χ2v) is 9.00. The molecule has 1 aromatic carbocycles. The van der Waals surface area contributed by atoms with Crippen LogP contribution in [0.2, 0.25) is 0 Å². The fourth-order valence-electron chi connectivity index (χ4n) is 5.30. The molecular formula is C25H34N2O4. The monoisotopic (exact) mass is 426 g/mol. The third-order valence-corrected chi connectivity index (χ3v) is 6.87. The number of aryl methyl sites for hydroxylation is 2. The molecule has 2 aliphatic heterocycles. The topological polar surface area (TPSA) is 71.8 Å². The van der Waals surface area contributed by atoms with Crippen LogP contribution in [0.5, 0.6) is 5.75 Å². The second-order valence-electron chi connectivity index (χ2n) is 9.00. The van der Waals surface area contributed by atoms with E-state index in [9.17, 15) is 9.59 Å². The molecule has 0 radical (unpaired) electrons. The van der Waals surface area contributed by atoms with Crippen molar-refractivity contribution < 1.29 is 13.9 Å². The van der Waals surface area contributed by atoms with E-state index in [1.807, 2.05) is 19.1 Å². The Hall–Kier alpha value is -2.34. The molecule has 4 rings (SSSR count). The van der Waals surface area contributed by atoms with Crippen molar-refractivity contribution in [2.75, 3.05) is 26.2 Å². The summed E-state index contributed by atoms with van der Waals surface area (Å²) in [5.41, 5.74) is 1.95. The second kappa shape index (κ2) is 9.86.